The summed E-state index contributed by atoms with van der Waals surface area (Å²) in [5.41, 5.74) is 9.52. The molecule has 228 valence electrons. The van der Waals surface area contributed by atoms with E-state index >= 15 is 0 Å². The van der Waals surface area contributed by atoms with Crippen LogP contribution in [0.15, 0.2) is 156 Å². The van der Waals surface area contributed by atoms with Crippen LogP contribution in [0.25, 0.3) is 107 Å². The lowest BCUT2D eigenvalue weighted by Crippen LogP contribution is -1.91. The van der Waals surface area contributed by atoms with Crippen molar-refractivity contribution in [2.75, 3.05) is 0 Å². The lowest BCUT2D eigenvalue weighted by molar-refractivity contribution is 0.672. The molecule has 0 aliphatic rings. The predicted molar refractivity (Wildman–Crippen MR) is 211 cm³/mol. The summed E-state index contributed by atoms with van der Waals surface area (Å²) in [6.45, 7) is 0. The monoisotopic (exact) mass is 659 g/mol. The van der Waals surface area contributed by atoms with Gasteiger partial charge < -0.3 is 4.42 Å². The first kappa shape index (κ1) is 27.2. The summed E-state index contributed by atoms with van der Waals surface area (Å²) in [5.74, 6) is 0. The fourth-order valence-electron chi connectivity index (χ4n) is 7.64. The predicted octanol–water partition coefficient (Wildman–Crippen LogP) is 13.9. The molecule has 4 heterocycles. The molecule has 0 saturated heterocycles. The number of thiophene rings is 2. The van der Waals surface area contributed by atoms with Gasteiger partial charge in [-0.2, -0.15) is 0 Å². The van der Waals surface area contributed by atoms with Gasteiger partial charge in [0.25, 0.3) is 0 Å². The zero-order chi connectivity index (χ0) is 32.1. The molecule has 0 aliphatic carbocycles. The molecule has 11 rings (SSSR count). The first-order valence-corrected chi connectivity index (χ1v) is 18.1. The Morgan fingerprint density at radius 3 is 1.59 bits per heavy atom. The lowest BCUT2D eigenvalue weighted by Gasteiger charge is -2.14. The number of fused-ring (bicyclic) bond motifs is 11. The lowest BCUT2D eigenvalue weighted by atomic mass is 9.92. The van der Waals surface area contributed by atoms with Crippen LogP contribution in [-0.2, 0) is 0 Å². The summed E-state index contributed by atoms with van der Waals surface area (Å²) in [4.78, 5) is 5.40. The molecule has 0 unspecified atom stereocenters. The SMILES string of the molecule is c1ccc2c(c1)nc(-c1cc(-c3cccc4c3sc3ccccc34)cc(-c3cccc4c3sc3ccccc34)c1)c1c3ccccc3oc21. The van der Waals surface area contributed by atoms with Crippen molar-refractivity contribution in [2.24, 2.45) is 0 Å². The normalized spacial score (nSPS) is 12.1. The Balaban J connectivity index is 1.27. The average Bonchev–Trinajstić information content (AvgIpc) is 3.86. The molecule has 0 N–H and O–H groups in total. The highest BCUT2D eigenvalue weighted by atomic mass is 32.1. The van der Waals surface area contributed by atoms with E-state index in [0.717, 1.165) is 44.1 Å². The maximum absolute atomic E-state index is 6.60. The van der Waals surface area contributed by atoms with E-state index < -0.39 is 0 Å². The number of furan rings is 1. The second-order valence-corrected chi connectivity index (χ2v) is 14.7. The maximum atomic E-state index is 6.60. The van der Waals surface area contributed by atoms with Gasteiger partial charge in [-0.3, -0.25) is 0 Å². The molecular weight excluding hydrogens is 635 g/mol. The van der Waals surface area contributed by atoms with E-state index in [1.807, 2.05) is 28.7 Å². The fourth-order valence-corrected chi connectivity index (χ4v) is 10.1. The van der Waals surface area contributed by atoms with Gasteiger partial charge in [0.05, 0.1) is 16.6 Å². The van der Waals surface area contributed by atoms with Crippen LogP contribution in [-0.4, -0.2) is 4.98 Å². The van der Waals surface area contributed by atoms with Crippen LogP contribution in [0.2, 0.25) is 0 Å². The van der Waals surface area contributed by atoms with Crippen molar-refractivity contribution in [1.82, 2.24) is 4.98 Å². The minimum Gasteiger partial charge on any atom is -0.455 e. The van der Waals surface area contributed by atoms with Crippen molar-refractivity contribution in [3.63, 3.8) is 0 Å². The first-order valence-electron chi connectivity index (χ1n) is 16.5. The molecule has 0 atom stereocenters. The summed E-state index contributed by atoms with van der Waals surface area (Å²) in [6.07, 6.45) is 0. The van der Waals surface area contributed by atoms with Crippen molar-refractivity contribution in [3.8, 4) is 33.5 Å². The summed E-state index contributed by atoms with van der Waals surface area (Å²) in [7, 11) is 0. The molecule has 2 nitrogen and oxygen atoms in total. The minimum atomic E-state index is 0.873. The average molecular weight is 660 g/mol. The van der Waals surface area contributed by atoms with Gasteiger partial charge >= 0.3 is 0 Å². The third-order valence-electron chi connectivity index (χ3n) is 9.85. The second kappa shape index (κ2) is 10.3. The molecule has 4 heteroatoms. The van der Waals surface area contributed by atoms with Crippen molar-refractivity contribution < 1.29 is 4.42 Å². The standard InChI is InChI=1S/C45H25NOS2/c1-5-19-37-35(13-1)43-41(36-14-2-6-20-38(36)47-43)42(46-37)28-24-26(29-15-9-17-33-31-11-3-7-21-39(31)48-44(29)33)23-27(25-28)30-16-10-18-34-32-12-4-8-22-40(32)49-45(30)34/h1-25H. The van der Waals surface area contributed by atoms with Gasteiger partial charge in [0.2, 0.25) is 0 Å². The number of aromatic nitrogens is 1. The molecule has 0 spiro atoms. The molecule has 4 aromatic heterocycles. The Hall–Kier alpha value is -5.81. The minimum absolute atomic E-state index is 0.873. The van der Waals surface area contributed by atoms with E-state index in [0.29, 0.717) is 0 Å². The Kier molecular flexibility index (Phi) is 5.74. The van der Waals surface area contributed by atoms with Gasteiger partial charge in [0.1, 0.15) is 11.2 Å². The number of rotatable bonds is 3. The van der Waals surface area contributed by atoms with Crippen molar-refractivity contribution in [3.05, 3.63) is 152 Å². The van der Waals surface area contributed by atoms with Gasteiger partial charge in [-0.05, 0) is 70.8 Å². The molecule has 0 radical (unpaired) electrons. The highest BCUT2D eigenvalue weighted by Crippen LogP contribution is 2.46. The van der Waals surface area contributed by atoms with Crippen molar-refractivity contribution in [1.29, 1.82) is 0 Å². The number of nitrogens with zero attached hydrogens (tertiary/aromatic N) is 1. The van der Waals surface area contributed by atoms with Gasteiger partial charge in [-0.1, -0.05) is 103 Å². The number of pyridine rings is 1. The van der Waals surface area contributed by atoms with Crippen LogP contribution in [0.5, 0.6) is 0 Å². The molecule has 0 fully saturated rings. The number of benzene rings is 7. The van der Waals surface area contributed by atoms with E-state index in [2.05, 4.69) is 146 Å². The molecule has 0 saturated carbocycles. The van der Waals surface area contributed by atoms with Gasteiger partial charge in [0, 0.05) is 56.7 Å². The van der Waals surface area contributed by atoms with Crippen LogP contribution >= 0.6 is 22.7 Å². The van der Waals surface area contributed by atoms with Crippen LogP contribution in [0.4, 0.5) is 0 Å². The van der Waals surface area contributed by atoms with Gasteiger partial charge in [-0.25, -0.2) is 4.98 Å². The molecule has 7 aromatic carbocycles. The maximum Gasteiger partial charge on any atom is 0.147 e. The van der Waals surface area contributed by atoms with Crippen molar-refractivity contribution >= 4 is 95.9 Å². The summed E-state index contributed by atoms with van der Waals surface area (Å²) in [6, 6.07) is 54.7. The van der Waals surface area contributed by atoms with Crippen LogP contribution in [0.3, 0.4) is 0 Å². The molecule has 0 aliphatic heterocycles. The quantitative estimate of drug-likeness (QED) is 0.189. The first-order chi connectivity index (χ1) is 24.3. The smallest absolute Gasteiger partial charge is 0.147 e. The van der Waals surface area contributed by atoms with E-state index in [4.69, 9.17) is 9.40 Å². The number of para-hydroxylation sites is 2. The van der Waals surface area contributed by atoms with E-state index in [-0.39, 0.29) is 0 Å². The Morgan fingerprint density at radius 2 is 0.939 bits per heavy atom. The van der Waals surface area contributed by atoms with E-state index in [9.17, 15) is 0 Å². The zero-order valence-electron chi connectivity index (χ0n) is 26.1. The van der Waals surface area contributed by atoms with Crippen molar-refractivity contribution in [2.45, 2.75) is 0 Å². The van der Waals surface area contributed by atoms with Crippen LogP contribution in [0.1, 0.15) is 0 Å². The molecule has 11 aromatic rings. The Morgan fingerprint density at radius 1 is 0.429 bits per heavy atom. The Labute approximate surface area is 289 Å². The van der Waals surface area contributed by atoms with Gasteiger partial charge in [-0.15, -0.1) is 22.7 Å². The summed E-state index contributed by atoms with van der Waals surface area (Å²) < 4.78 is 11.8. The Bertz CT molecular complexity index is 2990. The van der Waals surface area contributed by atoms with Crippen LogP contribution in [0, 0.1) is 0 Å². The van der Waals surface area contributed by atoms with Gasteiger partial charge in [0.15, 0.2) is 0 Å². The second-order valence-electron chi connectivity index (χ2n) is 12.6. The summed E-state index contributed by atoms with van der Waals surface area (Å²) >= 11 is 3.74. The fraction of sp³-hybridized carbons (Fsp3) is 0. The molecule has 0 bridgehead atoms. The largest absolute Gasteiger partial charge is 0.455 e. The number of hydrogen-bond acceptors (Lipinski definition) is 4. The van der Waals surface area contributed by atoms with E-state index in [1.54, 1.807) is 0 Å². The third kappa shape index (κ3) is 4.02. The molecule has 0 amide bonds. The van der Waals surface area contributed by atoms with E-state index in [1.165, 1.54) is 62.6 Å². The topological polar surface area (TPSA) is 26.0 Å². The number of hydrogen-bond donors (Lipinski definition) is 0. The van der Waals surface area contributed by atoms with Crippen LogP contribution < -0.4 is 0 Å². The zero-order valence-corrected chi connectivity index (χ0v) is 27.7. The highest BCUT2D eigenvalue weighted by Gasteiger charge is 2.21. The summed E-state index contributed by atoms with van der Waals surface area (Å²) in [5, 5.41) is 8.36. The third-order valence-corrected chi connectivity index (χ3v) is 12.3. The highest BCUT2D eigenvalue weighted by molar-refractivity contribution is 7.26. The molecule has 49 heavy (non-hydrogen) atoms. The molecular formula is C45H25NOS2.